The highest BCUT2D eigenvalue weighted by atomic mass is 19.1. The maximum Gasteiger partial charge on any atom is 0.304 e. The Hall–Kier alpha value is -1.91. The molecule has 0 aliphatic heterocycles. The molecule has 0 spiro atoms. The van der Waals surface area contributed by atoms with Crippen LogP contribution in [0.5, 0.6) is 0 Å². The van der Waals surface area contributed by atoms with Crippen LogP contribution in [0, 0.1) is 35.4 Å². The van der Waals surface area contributed by atoms with E-state index in [1.165, 1.54) is 12.1 Å². The van der Waals surface area contributed by atoms with Gasteiger partial charge in [0.25, 0.3) is 0 Å². The molecular formula is C19H22FNO3. The number of carboxylic acid groups (broad SMARTS) is 1. The van der Waals surface area contributed by atoms with Crippen LogP contribution in [-0.4, -0.2) is 17.0 Å². The molecule has 5 heteroatoms. The van der Waals surface area contributed by atoms with Crippen molar-refractivity contribution in [1.82, 2.24) is 0 Å². The molecule has 3 saturated carbocycles. The van der Waals surface area contributed by atoms with Crippen molar-refractivity contribution < 1.29 is 19.1 Å². The van der Waals surface area contributed by atoms with Crippen LogP contribution in [0.15, 0.2) is 24.3 Å². The summed E-state index contributed by atoms with van der Waals surface area (Å²) in [4.78, 5) is 23.4. The van der Waals surface area contributed by atoms with Crippen molar-refractivity contribution in [3.63, 3.8) is 0 Å². The fraction of sp³-hybridized carbons (Fsp3) is 0.579. The molecule has 2 bridgehead atoms. The summed E-state index contributed by atoms with van der Waals surface area (Å²) >= 11 is 0. The van der Waals surface area contributed by atoms with Crippen molar-refractivity contribution in [2.75, 3.05) is 0 Å². The van der Waals surface area contributed by atoms with Gasteiger partial charge in [-0.3, -0.25) is 9.59 Å². The summed E-state index contributed by atoms with van der Waals surface area (Å²) in [6.07, 6.45) is 3.47. The second-order valence-corrected chi connectivity index (χ2v) is 7.87. The van der Waals surface area contributed by atoms with Crippen molar-refractivity contribution >= 4 is 11.9 Å². The van der Waals surface area contributed by atoms with E-state index < -0.39 is 11.4 Å². The lowest BCUT2D eigenvalue weighted by atomic mass is 9.52. The van der Waals surface area contributed by atoms with Crippen molar-refractivity contribution in [2.45, 2.75) is 37.5 Å². The summed E-state index contributed by atoms with van der Waals surface area (Å²) in [5.41, 5.74) is 6.10. The SMILES string of the molecule is NC(=O)C1C2CC3C1CCC(CC(=O)O)(c1ccc(F)cc1)C3C2. The van der Waals surface area contributed by atoms with Gasteiger partial charge in [0.1, 0.15) is 5.82 Å². The van der Waals surface area contributed by atoms with E-state index in [-0.39, 0.29) is 35.9 Å². The Kier molecular flexibility index (Phi) is 3.44. The summed E-state index contributed by atoms with van der Waals surface area (Å²) in [7, 11) is 0. The first-order valence-corrected chi connectivity index (χ1v) is 8.69. The molecule has 0 heterocycles. The summed E-state index contributed by atoms with van der Waals surface area (Å²) in [5.74, 6) is -0.151. The Bertz CT molecular complexity index is 688. The minimum absolute atomic E-state index is 0.0395. The van der Waals surface area contributed by atoms with Gasteiger partial charge in [0.2, 0.25) is 5.91 Å². The lowest BCUT2D eigenvalue weighted by molar-refractivity contribution is -0.141. The quantitative estimate of drug-likeness (QED) is 0.890. The summed E-state index contributed by atoms with van der Waals surface area (Å²) < 4.78 is 13.4. The molecule has 6 unspecified atom stereocenters. The highest BCUT2D eigenvalue weighted by Crippen LogP contribution is 2.66. The third kappa shape index (κ3) is 2.10. The number of halogens is 1. The van der Waals surface area contributed by atoms with Gasteiger partial charge in [0, 0.05) is 11.3 Å². The van der Waals surface area contributed by atoms with Crippen LogP contribution in [0.2, 0.25) is 0 Å². The maximum atomic E-state index is 13.4. The molecule has 4 rings (SSSR count). The molecule has 3 N–H and O–H groups in total. The molecule has 1 aromatic carbocycles. The van der Waals surface area contributed by atoms with Crippen LogP contribution in [-0.2, 0) is 15.0 Å². The highest BCUT2D eigenvalue weighted by Gasteiger charge is 2.63. The standard InChI is InChI=1S/C19H22FNO3/c20-12-3-1-11(2-4-12)19(9-16(22)23)6-5-13-14-7-10(8-15(14)19)17(13)18(21)24/h1-4,10,13-15,17H,5-9H2,(H2,21,24)(H,22,23). The Morgan fingerprint density at radius 2 is 1.92 bits per heavy atom. The van der Waals surface area contributed by atoms with Crippen LogP contribution in [0.3, 0.4) is 0 Å². The number of carbonyl (C=O) groups is 2. The molecule has 0 radical (unpaired) electrons. The van der Waals surface area contributed by atoms with Crippen molar-refractivity contribution in [3.05, 3.63) is 35.6 Å². The molecular weight excluding hydrogens is 309 g/mol. The molecule has 1 amide bonds. The smallest absolute Gasteiger partial charge is 0.304 e. The summed E-state index contributed by atoms with van der Waals surface area (Å²) in [5, 5.41) is 9.54. The van der Waals surface area contributed by atoms with Crippen LogP contribution < -0.4 is 5.73 Å². The van der Waals surface area contributed by atoms with E-state index >= 15 is 0 Å². The average Bonchev–Trinajstić information content (AvgIpc) is 3.10. The Morgan fingerprint density at radius 1 is 1.21 bits per heavy atom. The number of aliphatic carboxylic acids is 1. The monoisotopic (exact) mass is 331 g/mol. The summed E-state index contributed by atoms with van der Waals surface area (Å²) in [6, 6.07) is 6.33. The molecule has 3 aliphatic rings. The number of carbonyl (C=O) groups excluding carboxylic acids is 1. The molecule has 24 heavy (non-hydrogen) atoms. The molecule has 0 aromatic heterocycles. The fourth-order valence-corrected chi connectivity index (χ4v) is 6.31. The van der Waals surface area contributed by atoms with Crippen LogP contribution in [0.4, 0.5) is 4.39 Å². The van der Waals surface area contributed by atoms with E-state index in [9.17, 15) is 19.1 Å². The molecule has 6 atom stereocenters. The van der Waals surface area contributed by atoms with Crippen molar-refractivity contribution in [2.24, 2.45) is 35.3 Å². The number of hydrogen-bond acceptors (Lipinski definition) is 2. The normalized spacial score (nSPS) is 39.8. The van der Waals surface area contributed by atoms with E-state index in [1.807, 2.05) is 0 Å². The molecule has 3 fully saturated rings. The number of primary amides is 1. The largest absolute Gasteiger partial charge is 0.481 e. The highest BCUT2D eigenvalue weighted by molar-refractivity contribution is 5.78. The minimum Gasteiger partial charge on any atom is -0.481 e. The molecule has 128 valence electrons. The third-order valence-electron chi connectivity index (χ3n) is 7.02. The topological polar surface area (TPSA) is 80.4 Å². The molecule has 1 aromatic rings. The van der Waals surface area contributed by atoms with Crippen LogP contribution in [0.25, 0.3) is 0 Å². The zero-order chi connectivity index (χ0) is 17.1. The zero-order valence-corrected chi connectivity index (χ0v) is 13.5. The zero-order valence-electron chi connectivity index (χ0n) is 13.5. The number of fused-ring (bicyclic) bond motifs is 1. The Balaban J connectivity index is 1.74. The fourth-order valence-electron chi connectivity index (χ4n) is 6.31. The van der Waals surface area contributed by atoms with Gasteiger partial charge in [-0.15, -0.1) is 0 Å². The predicted molar refractivity (Wildman–Crippen MR) is 85.4 cm³/mol. The maximum absolute atomic E-state index is 13.4. The number of hydrogen-bond donors (Lipinski definition) is 2. The number of rotatable bonds is 4. The number of carboxylic acids is 1. The predicted octanol–water partition coefficient (Wildman–Crippen LogP) is 2.71. The number of nitrogens with two attached hydrogens (primary N) is 1. The number of amides is 1. The van der Waals surface area contributed by atoms with Gasteiger partial charge >= 0.3 is 5.97 Å². The van der Waals surface area contributed by atoms with Gasteiger partial charge < -0.3 is 10.8 Å². The average molecular weight is 331 g/mol. The number of benzene rings is 1. The van der Waals surface area contributed by atoms with E-state index in [2.05, 4.69) is 0 Å². The first-order valence-electron chi connectivity index (χ1n) is 8.69. The van der Waals surface area contributed by atoms with E-state index in [0.29, 0.717) is 11.8 Å². The first kappa shape index (κ1) is 15.6. The van der Waals surface area contributed by atoms with E-state index in [4.69, 9.17) is 5.73 Å². The van der Waals surface area contributed by atoms with Gasteiger partial charge in [-0.05, 0) is 67.1 Å². The van der Waals surface area contributed by atoms with Crippen LogP contribution in [0.1, 0.15) is 37.7 Å². The Labute approximate surface area is 140 Å². The second kappa shape index (κ2) is 5.30. The van der Waals surface area contributed by atoms with E-state index in [1.54, 1.807) is 12.1 Å². The lowest BCUT2D eigenvalue weighted by Gasteiger charge is -2.51. The minimum atomic E-state index is -0.813. The van der Waals surface area contributed by atoms with Crippen molar-refractivity contribution in [1.29, 1.82) is 0 Å². The van der Waals surface area contributed by atoms with Gasteiger partial charge in [0.05, 0.1) is 6.42 Å². The third-order valence-corrected chi connectivity index (χ3v) is 7.02. The van der Waals surface area contributed by atoms with Crippen LogP contribution >= 0.6 is 0 Å². The molecule has 0 saturated heterocycles. The van der Waals surface area contributed by atoms with Gasteiger partial charge in [-0.2, -0.15) is 0 Å². The Morgan fingerprint density at radius 3 is 2.54 bits per heavy atom. The van der Waals surface area contributed by atoms with Gasteiger partial charge in [-0.1, -0.05) is 12.1 Å². The lowest BCUT2D eigenvalue weighted by Crippen LogP contribution is -2.50. The first-order chi connectivity index (χ1) is 11.4. The van der Waals surface area contributed by atoms with Gasteiger partial charge in [0.15, 0.2) is 0 Å². The second-order valence-electron chi connectivity index (χ2n) is 7.87. The van der Waals surface area contributed by atoms with Crippen molar-refractivity contribution in [3.8, 4) is 0 Å². The molecule has 4 nitrogen and oxygen atoms in total. The molecule has 3 aliphatic carbocycles. The van der Waals surface area contributed by atoms with E-state index in [0.717, 1.165) is 31.2 Å². The van der Waals surface area contributed by atoms with Gasteiger partial charge in [-0.25, -0.2) is 4.39 Å². The summed E-state index contributed by atoms with van der Waals surface area (Å²) in [6.45, 7) is 0.